The Balaban J connectivity index is 1.91. The number of ether oxygens (including phenoxy) is 2. The monoisotopic (exact) mass is 248 g/mol. The predicted octanol–water partition coefficient (Wildman–Crippen LogP) is 2.47. The molecule has 3 nitrogen and oxygen atoms in total. The van der Waals surface area contributed by atoms with Crippen LogP contribution in [-0.4, -0.2) is 24.4 Å². The molecule has 0 aromatic heterocycles. The molecule has 2 aliphatic rings. The SMILES string of the molecule is CC1OCCC1C(O)c1cccc2c1OCCC2. The predicted molar refractivity (Wildman–Crippen MR) is 68.7 cm³/mol. The van der Waals surface area contributed by atoms with Crippen molar-refractivity contribution in [1.82, 2.24) is 0 Å². The van der Waals surface area contributed by atoms with Crippen LogP contribution in [-0.2, 0) is 11.2 Å². The van der Waals surface area contributed by atoms with Crippen molar-refractivity contribution in [1.29, 1.82) is 0 Å². The minimum Gasteiger partial charge on any atom is -0.493 e. The van der Waals surface area contributed by atoms with Crippen LogP contribution >= 0.6 is 0 Å². The second kappa shape index (κ2) is 4.90. The van der Waals surface area contributed by atoms with Crippen molar-refractivity contribution in [3.63, 3.8) is 0 Å². The van der Waals surface area contributed by atoms with E-state index in [1.165, 1.54) is 5.56 Å². The number of aliphatic hydroxyl groups excluding tert-OH is 1. The quantitative estimate of drug-likeness (QED) is 0.873. The molecule has 1 saturated heterocycles. The third-order valence-electron chi connectivity index (χ3n) is 4.12. The van der Waals surface area contributed by atoms with Crippen LogP contribution in [0.4, 0.5) is 0 Å². The summed E-state index contributed by atoms with van der Waals surface area (Å²) in [5, 5.41) is 10.6. The van der Waals surface area contributed by atoms with Gasteiger partial charge in [0.2, 0.25) is 0 Å². The maximum Gasteiger partial charge on any atom is 0.128 e. The standard InChI is InChI=1S/C15H20O3/c1-10-12(7-9-17-10)14(16)13-6-2-4-11-5-3-8-18-15(11)13/h2,4,6,10,12,14,16H,3,5,7-9H2,1H3. The molecule has 0 aliphatic carbocycles. The molecule has 3 unspecified atom stereocenters. The molecule has 1 aromatic rings. The van der Waals surface area contributed by atoms with Crippen molar-refractivity contribution < 1.29 is 14.6 Å². The molecule has 0 spiro atoms. The maximum atomic E-state index is 10.6. The van der Waals surface area contributed by atoms with Crippen LogP contribution in [0.5, 0.6) is 5.75 Å². The normalized spacial score (nSPS) is 28.6. The van der Waals surface area contributed by atoms with Gasteiger partial charge in [-0.1, -0.05) is 18.2 Å². The van der Waals surface area contributed by atoms with Crippen molar-refractivity contribution in [3.05, 3.63) is 29.3 Å². The highest BCUT2D eigenvalue weighted by Crippen LogP contribution is 2.39. The summed E-state index contributed by atoms with van der Waals surface area (Å²) in [5.74, 6) is 1.09. The van der Waals surface area contributed by atoms with Crippen LogP contribution in [0.15, 0.2) is 18.2 Å². The van der Waals surface area contributed by atoms with Gasteiger partial charge >= 0.3 is 0 Å². The first kappa shape index (κ1) is 12.0. The van der Waals surface area contributed by atoms with E-state index in [-0.39, 0.29) is 12.0 Å². The second-order valence-corrected chi connectivity index (χ2v) is 5.26. The van der Waals surface area contributed by atoms with Crippen molar-refractivity contribution in [2.45, 2.75) is 38.4 Å². The van der Waals surface area contributed by atoms with Crippen LogP contribution < -0.4 is 4.74 Å². The summed E-state index contributed by atoms with van der Waals surface area (Å²) >= 11 is 0. The summed E-state index contributed by atoms with van der Waals surface area (Å²) in [5.41, 5.74) is 2.17. The molecule has 2 heterocycles. The minimum absolute atomic E-state index is 0.124. The molecule has 0 saturated carbocycles. The Bertz CT molecular complexity index is 430. The fourth-order valence-electron chi connectivity index (χ4n) is 3.04. The number of hydrogen-bond donors (Lipinski definition) is 1. The number of benzene rings is 1. The Labute approximate surface area is 108 Å². The van der Waals surface area contributed by atoms with Crippen LogP contribution in [0.2, 0.25) is 0 Å². The Morgan fingerprint density at radius 1 is 1.33 bits per heavy atom. The highest BCUT2D eigenvalue weighted by molar-refractivity contribution is 5.44. The van der Waals surface area contributed by atoms with Crippen LogP contribution in [0, 0.1) is 5.92 Å². The molecule has 1 N–H and O–H groups in total. The number of para-hydroxylation sites is 1. The van der Waals surface area contributed by atoms with E-state index in [9.17, 15) is 5.11 Å². The fraction of sp³-hybridized carbons (Fsp3) is 0.600. The van der Waals surface area contributed by atoms with Gasteiger partial charge in [-0.2, -0.15) is 0 Å². The largest absolute Gasteiger partial charge is 0.493 e. The zero-order valence-electron chi connectivity index (χ0n) is 10.8. The van der Waals surface area contributed by atoms with Crippen molar-refractivity contribution in [2.24, 2.45) is 5.92 Å². The molecule has 98 valence electrons. The van der Waals surface area contributed by atoms with Crippen LogP contribution in [0.25, 0.3) is 0 Å². The first-order valence-corrected chi connectivity index (χ1v) is 6.81. The van der Waals surface area contributed by atoms with Gasteiger partial charge in [-0.15, -0.1) is 0 Å². The third kappa shape index (κ3) is 2.02. The topological polar surface area (TPSA) is 38.7 Å². The molecule has 0 amide bonds. The molecule has 0 bridgehead atoms. The van der Waals surface area contributed by atoms with Gasteiger partial charge in [0.25, 0.3) is 0 Å². The van der Waals surface area contributed by atoms with E-state index in [0.29, 0.717) is 0 Å². The van der Waals surface area contributed by atoms with Gasteiger partial charge in [0.05, 0.1) is 18.8 Å². The first-order chi connectivity index (χ1) is 8.77. The summed E-state index contributed by atoms with van der Waals surface area (Å²) in [4.78, 5) is 0. The van der Waals surface area contributed by atoms with E-state index in [0.717, 1.165) is 43.8 Å². The molecule has 3 heteroatoms. The lowest BCUT2D eigenvalue weighted by Gasteiger charge is -2.26. The van der Waals surface area contributed by atoms with Crippen molar-refractivity contribution in [2.75, 3.05) is 13.2 Å². The van der Waals surface area contributed by atoms with E-state index >= 15 is 0 Å². The van der Waals surface area contributed by atoms with E-state index in [2.05, 4.69) is 6.07 Å². The Hall–Kier alpha value is -1.06. The van der Waals surface area contributed by atoms with Gasteiger partial charge in [0.15, 0.2) is 0 Å². The van der Waals surface area contributed by atoms with Gasteiger partial charge in [-0.3, -0.25) is 0 Å². The van der Waals surface area contributed by atoms with Gasteiger partial charge in [0.1, 0.15) is 5.75 Å². The molecule has 0 radical (unpaired) electrons. The van der Waals surface area contributed by atoms with Crippen LogP contribution in [0.3, 0.4) is 0 Å². The summed E-state index contributed by atoms with van der Waals surface area (Å²) in [6.45, 7) is 3.55. The molecule has 1 aromatic carbocycles. The second-order valence-electron chi connectivity index (χ2n) is 5.26. The fourth-order valence-corrected chi connectivity index (χ4v) is 3.04. The van der Waals surface area contributed by atoms with E-state index in [4.69, 9.17) is 9.47 Å². The molecule has 2 aliphatic heterocycles. The van der Waals surface area contributed by atoms with Gasteiger partial charge in [0, 0.05) is 18.1 Å². The average Bonchev–Trinajstić information content (AvgIpc) is 2.83. The third-order valence-corrected chi connectivity index (χ3v) is 4.12. The van der Waals surface area contributed by atoms with E-state index < -0.39 is 6.10 Å². The van der Waals surface area contributed by atoms with Gasteiger partial charge in [-0.05, 0) is 31.7 Å². The average molecular weight is 248 g/mol. The molecule has 18 heavy (non-hydrogen) atoms. The number of aliphatic hydroxyl groups is 1. The van der Waals surface area contributed by atoms with Crippen LogP contribution in [0.1, 0.15) is 37.0 Å². The Morgan fingerprint density at radius 2 is 2.22 bits per heavy atom. The van der Waals surface area contributed by atoms with E-state index in [1.54, 1.807) is 0 Å². The lowest BCUT2D eigenvalue weighted by atomic mass is 9.88. The van der Waals surface area contributed by atoms with Crippen molar-refractivity contribution >= 4 is 0 Å². The van der Waals surface area contributed by atoms with E-state index in [1.807, 2.05) is 19.1 Å². The number of fused-ring (bicyclic) bond motifs is 1. The molecule has 3 atom stereocenters. The maximum absolute atomic E-state index is 10.6. The smallest absolute Gasteiger partial charge is 0.128 e. The number of aryl methyl sites for hydroxylation is 1. The molecule has 3 rings (SSSR count). The summed E-state index contributed by atoms with van der Waals surface area (Å²) in [6.07, 6.45) is 2.68. The Morgan fingerprint density at radius 3 is 3.00 bits per heavy atom. The zero-order valence-corrected chi connectivity index (χ0v) is 10.8. The summed E-state index contributed by atoms with van der Waals surface area (Å²) in [7, 11) is 0. The number of rotatable bonds is 2. The van der Waals surface area contributed by atoms with Crippen molar-refractivity contribution in [3.8, 4) is 5.75 Å². The highest BCUT2D eigenvalue weighted by Gasteiger charge is 2.33. The number of hydrogen-bond acceptors (Lipinski definition) is 3. The molecular weight excluding hydrogens is 228 g/mol. The van der Waals surface area contributed by atoms with Gasteiger partial charge < -0.3 is 14.6 Å². The minimum atomic E-state index is -0.476. The zero-order chi connectivity index (χ0) is 12.5. The lowest BCUT2D eigenvalue weighted by Crippen LogP contribution is -2.21. The summed E-state index contributed by atoms with van der Waals surface area (Å²) < 4.78 is 11.3. The summed E-state index contributed by atoms with van der Waals surface area (Å²) in [6, 6.07) is 6.10. The van der Waals surface area contributed by atoms with Gasteiger partial charge in [-0.25, -0.2) is 0 Å². The highest BCUT2D eigenvalue weighted by atomic mass is 16.5. The lowest BCUT2D eigenvalue weighted by molar-refractivity contribution is 0.0414. The molecule has 1 fully saturated rings. The first-order valence-electron chi connectivity index (χ1n) is 6.81. The Kier molecular flexibility index (Phi) is 3.27. The molecular formula is C15H20O3.